The van der Waals surface area contributed by atoms with E-state index in [1.165, 1.54) is 23.1 Å². The molecule has 3 rings (SSSR count). The predicted molar refractivity (Wildman–Crippen MR) is 90.6 cm³/mol. The van der Waals surface area contributed by atoms with Gasteiger partial charge < -0.3 is 9.80 Å². The number of hydrogen-bond donors (Lipinski definition) is 0. The van der Waals surface area contributed by atoms with E-state index in [4.69, 9.17) is 0 Å². The minimum atomic E-state index is -4.94. The van der Waals surface area contributed by atoms with Crippen LogP contribution in [0.5, 0.6) is 0 Å². The second kappa shape index (κ2) is 6.92. The molecule has 1 aromatic rings. The molecule has 0 radical (unpaired) electrons. The Hall–Kier alpha value is -2.91. The molecule has 0 atom stereocenters. The minimum absolute atomic E-state index is 0.0528. The van der Waals surface area contributed by atoms with Crippen LogP contribution in [0.2, 0.25) is 0 Å². The van der Waals surface area contributed by atoms with E-state index in [9.17, 15) is 32.3 Å². The van der Waals surface area contributed by atoms with Crippen molar-refractivity contribution in [1.29, 1.82) is 0 Å². The third-order valence-corrected chi connectivity index (χ3v) is 4.78. The Kier molecular flexibility index (Phi) is 4.90. The van der Waals surface area contributed by atoms with Crippen LogP contribution >= 0.6 is 0 Å². The highest BCUT2D eigenvalue weighted by Gasteiger charge is 2.43. The number of hydrogen-bond acceptors (Lipinski definition) is 4. The highest BCUT2D eigenvalue weighted by Crippen LogP contribution is 2.26. The molecule has 0 spiro atoms. The van der Waals surface area contributed by atoms with Gasteiger partial charge in [-0.1, -0.05) is 0 Å². The van der Waals surface area contributed by atoms with Gasteiger partial charge in [0.05, 0.1) is 11.1 Å². The smallest absolute Gasteiger partial charge is 0.335 e. The summed E-state index contributed by atoms with van der Waals surface area (Å²) in [5, 5.41) is 0. The van der Waals surface area contributed by atoms with Gasteiger partial charge in [0, 0.05) is 37.8 Å². The summed E-state index contributed by atoms with van der Waals surface area (Å²) in [5.74, 6) is -3.29. The summed E-state index contributed by atoms with van der Waals surface area (Å²) in [5.41, 5.74) is 0.521. The van der Waals surface area contributed by atoms with Crippen LogP contribution in [0.25, 0.3) is 0 Å². The van der Waals surface area contributed by atoms with E-state index in [2.05, 4.69) is 0 Å². The number of rotatable bonds is 2. The number of halogens is 3. The zero-order valence-corrected chi connectivity index (χ0v) is 15.2. The van der Waals surface area contributed by atoms with Crippen LogP contribution in [-0.4, -0.2) is 76.7 Å². The lowest BCUT2D eigenvalue weighted by Crippen LogP contribution is -2.53. The highest BCUT2D eigenvalue weighted by molar-refractivity contribution is 6.22. The minimum Gasteiger partial charge on any atom is -0.335 e. The van der Waals surface area contributed by atoms with E-state index < -0.39 is 29.8 Å². The van der Waals surface area contributed by atoms with Gasteiger partial charge in [-0.2, -0.15) is 13.2 Å². The molecule has 1 saturated heterocycles. The van der Waals surface area contributed by atoms with Crippen molar-refractivity contribution >= 4 is 23.6 Å². The van der Waals surface area contributed by atoms with E-state index >= 15 is 0 Å². The number of amides is 4. The average Bonchev–Trinajstić information content (AvgIpc) is 2.90. The van der Waals surface area contributed by atoms with Crippen molar-refractivity contribution in [3.05, 3.63) is 34.9 Å². The molecular weight excluding hydrogens is 379 g/mol. The van der Waals surface area contributed by atoms with Gasteiger partial charge in [0.25, 0.3) is 17.7 Å². The summed E-state index contributed by atoms with van der Waals surface area (Å²) in [4.78, 5) is 51.8. The number of fused-ring (bicyclic) bond motifs is 1. The normalized spacial score (nSPS) is 17.4. The first-order valence-corrected chi connectivity index (χ1v) is 8.69. The summed E-state index contributed by atoms with van der Waals surface area (Å²) < 4.78 is 37.5. The fourth-order valence-corrected chi connectivity index (χ4v) is 3.34. The molecule has 2 heterocycles. The van der Waals surface area contributed by atoms with Crippen LogP contribution in [0.3, 0.4) is 0 Å². The molecule has 0 aromatic heterocycles. The van der Waals surface area contributed by atoms with Crippen molar-refractivity contribution in [3.63, 3.8) is 0 Å². The van der Waals surface area contributed by atoms with E-state index in [0.29, 0.717) is 4.90 Å². The van der Waals surface area contributed by atoms with Crippen molar-refractivity contribution in [3.8, 4) is 0 Å². The van der Waals surface area contributed by atoms with Crippen molar-refractivity contribution < 1.29 is 32.3 Å². The monoisotopic (exact) mass is 397 g/mol. The lowest BCUT2D eigenvalue weighted by molar-refractivity contribution is -0.186. The second-order valence-electron chi connectivity index (χ2n) is 6.92. The summed E-state index contributed by atoms with van der Waals surface area (Å²) in [6.45, 7) is 2.84. The standard InChI is InChI=1S/C18H18F3N3O4/c1-10(2)24-15(26)12-4-3-11(9-13(12)16(24)27)14(25)22-5-7-23(8-6-22)17(28)18(19,20)21/h3-4,9-10H,5-8H2,1-2H3. The van der Waals surface area contributed by atoms with Gasteiger partial charge >= 0.3 is 12.1 Å². The fourth-order valence-electron chi connectivity index (χ4n) is 3.34. The first-order valence-electron chi connectivity index (χ1n) is 8.69. The van der Waals surface area contributed by atoms with Gasteiger partial charge in [-0.25, -0.2) is 0 Å². The highest BCUT2D eigenvalue weighted by atomic mass is 19.4. The van der Waals surface area contributed by atoms with E-state index in [-0.39, 0.29) is 48.9 Å². The summed E-state index contributed by atoms with van der Waals surface area (Å²) in [6.07, 6.45) is -4.94. The predicted octanol–water partition coefficient (Wildman–Crippen LogP) is 1.54. The van der Waals surface area contributed by atoms with Crippen LogP contribution < -0.4 is 0 Å². The molecule has 2 aliphatic rings. The van der Waals surface area contributed by atoms with E-state index in [1.54, 1.807) is 13.8 Å². The summed E-state index contributed by atoms with van der Waals surface area (Å²) >= 11 is 0. The third-order valence-electron chi connectivity index (χ3n) is 4.78. The van der Waals surface area contributed by atoms with E-state index in [1.807, 2.05) is 0 Å². The number of piperazine rings is 1. The molecule has 150 valence electrons. The number of carbonyl (C=O) groups excluding carboxylic acids is 4. The molecule has 0 saturated carbocycles. The molecule has 0 unspecified atom stereocenters. The molecule has 0 bridgehead atoms. The van der Waals surface area contributed by atoms with Crippen LogP contribution in [0.4, 0.5) is 13.2 Å². The maximum atomic E-state index is 12.7. The van der Waals surface area contributed by atoms with Crippen LogP contribution in [0.15, 0.2) is 18.2 Å². The molecule has 10 heteroatoms. The van der Waals surface area contributed by atoms with Crippen LogP contribution in [-0.2, 0) is 4.79 Å². The molecule has 28 heavy (non-hydrogen) atoms. The van der Waals surface area contributed by atoms with Gasteiger partial charge in [0.1, 0.15) is 0 Å². The third kappa shape index (κ3) is 3.34. The lowest BCUT2D eigenvalue weighted by Gasteiger charge is -2.35. The Labute approximate surface area is 158 Å². The SMILES string of the molecule is CC(C)N1C(=O)c2ccc(C(=O)N3CCN(C(=O)C(F)(F)F)CC3)cc2C1=O. The fraction of sp³-hybridized carbons (Fsp3) is 0.444. The van der Waals surface area contributed by atoms with Gasteiger partial charge in [-0.15, -0.1) is 0 Å². The van der Waals surface area contributed by atoms with E-state index in [0.717, 1.165) is 4.90 Å². The zero-order chi connectivity index (χ0) is 20.8. The maximum Gasteiger partial charge on any atom is 0.471 e. The molecule has 7 nitrogen and oxygen atoms in total. The van der Waals surface area contributed by atoms with Crippen LogP contribution in [0, 0.1) is 0 Å². The Morgan fingerprint density at radius 1 is 0.929 bits per heavy atom. The number of imide groups is 1. The molecule has 4 amide bonds. The van der Waals surface area contributed by atoms with Crippen molar-refractivity contribution in [2.24, 2.45) is 0 Å². The summed E-state index contributed by atoms with van der Waals surface area (Å²) in [7, 11) is 0. The maximum absolute atomic E-state index is 12.7. The van der Waals surface area contributed by atoms with Gasteiger partial charge in [0.2, 0.25) is 0 Å². The molecule has 1 aromatic carbocycles. The summed E-state index contributed by atoms with van der Waals surface area (Å²) in [6, 6.07) is 3.84. The quantitative estimate of drug-likeness (QED) is 0.710. The van der Waals surface area contributed by atoms with Crippen LogP contribution in [0.1, 0.15) is 44.9 Å². The Bertz CT molecular complexity index is 858. The molecule has 1 fully saturated rings. The average molecular weight is 397 g/mol. The lowest BCUT2D eigenvalue weighted by atomic mass is 10.0. The van der Waals surface area contributed by atoms with Crippen molar-refractivity contribution in [2.75, 3.05) is 26.2 Å². The number of benzene rings is 1. The number of nitrogens with zero attached hydrogens (tertiary/aromatic N) is 3. The van der Waals surface area contributed by atoms with Gasteiger partial charge in [0.15, 0.2) is 0 Å². The number of alkyl halides is 3. The Balaban J connectivity index is 1.73. The molecule has 0 aliphatic carbocycles. The second-order valence-corrected chi connectivity index (χ2v) is 6.92. The Morgan fingerprint density at radius 2 is 1.46 bits per heavy atom. The number of carbonyl (C=O) groups is 4. The molecule has 2 aliphatic heterocycles. The first kappa shape index (κ1) is 19.8. The van der Waals surface area contributed by atoms with Gasteiger partial charge in [-0.3, -0.25) is 24.1 Å². The van der Waals surface area contributed by atoms with Gasteiger partial charge in [-0.05, 0) is 32.0 Å². The topological polar surface area (TPSA) is 78.0 Å². The Morgan fingerprint density at radius 3 is 2.00 bits per heavy atom. The van der Waals surface area contributed by atoms with Crippen molar-refractivity contribution in [2.45, 2.75) is 26.1 Å². The zero-order valence-electron chi connectivity index (χ0n) is 15.2. The molecule has 0 N–H and O–H groups in total. The molecular formula is C18H18F3N3O4. The van der Waals surface area contributed by atoms with Crippen molar-refractivity contribution in [1.82, 2.24) is 14.7 Å². The largest absolute Gasteiger partial charge is 0.471 e. The first-order chi connectivity index (χ1) is 13.0.